The number of hydrogen-bond acceptors (Lipinski definition) is 4. The average Bonchev–Trinajstić information content (AvgIpc) is 2.82. The van der Waals surface area contributed by atoms with Crippen LogP contribution in [0.1, 0.15) is 58.2 Å². The molecule has 1 aromatic rings. The quantitative estimate of drug-likeness (QED) is 0.840. The number of hydrogen-bond donors (Lipinski definition) is 1. The third kappa shape index (κ3) is 4.22. The van der Waals surface area contributed by atoms with Crippen LogP contribution in [0.3, 0.4) is 0 Å². The summed E-state index contributed by atoms with van der Waals surface area (Å²) in [6, 6.07) is 0.786. The molecule has 0 saturated heterocycles. The molecule has 1 aliphatic heterocycles. The highest BCUT2D eigenvalue weighted by molar-refractivity contribution is 7.99. The number of thioether (sulfide) groups is 1. The van der Waals surface area contributed by atoms with E-state index in [4.69, 9.17) is 0 Å². The smallest absolute Gasteiger partial charge is 0.149 e. The zero-order valence-corrected chi connectivity index (χ0v) is 14.0. The molecule has 0 amide bonds. The van der Waals surface area contributed by atoms with Crippen molar-refractivity contribution < 1.29 is 0 Å². The van der Waals surface area contributed by atoms with E-state index in [1.807, 2.05) is 11.8 Å². The van der Waals surface area contributed by atoms with Crippen LogP contribution < -0.4 is 5.32 Å². The zero-order chi connectivity index (χ0) is 14.5. The molecule has 0 fully saturated rings. The molecule has 2 heterocycles. The Morgan fingerprint density at radius 2 is 1.95 bits per heavy atom. The lowest BCUT2D eigenvalue weighted by molar-refractivity contribution is 0.444. The zero-order valence-electron chi connectivity index (χ0n) is 13.2. The fourth-order valence-corrected chi connectivity index (χ4v) is 3.74. The number of rotatable bonds is 7. The average molecular weight is 296 g/mol. The van der Waals surface area contributed by atoms with Crippen molar-refractivity contribution in [2.75, 3.05) is 11.5 Å². The second kappa shape index (κ2) is 7.46. The minimum Gasteiger partial charge on any atom is -0.314 e. The highest BCUT2D eigenvalue weighted by atomic mass is 32.2. The van der Waals surface area contributed by atoms with Gasteiger partial charge < -0.3 is 9.88 Å². The van der Waals surface area contributed by atoms with Gasteiger partial charge in [0.2, 0.25) is 0 Å². The van der Waals surface area contributed by atoms with E-state index < -0.39 is 0 Å². The summed E-state index contributed by atoms with van der Waals surface area (Å²) in [5, 5.41) is 12.4. The molecule has 0 saturated carbocycles. The van der Waals surface area contributed by atoms with E-state index in [2.05, 4.69) is 47.8 Å². The molecule has 0 radical (unpaired) electrons. The van der Waals surface area contributed by atoms with Crippen molar-refractivity contribution in [3.63, 3.8) is 0 Å². The van der Waals surface area contributed by atoms with Crippen LogP contribution in [0.2, 0.25) is 0 Å². The van der Waals surface area contributed by atoms with E-state index in [9.17, 15) is 0 Å². The van der Waals surface area contributed by atoms with Crippen LogP contribution in [-0.2, 0) is 13.0 Å². The van der Waals surface area contributed by atoms with Crippen molar-refractivity contribution >= 4 is 11.8 Å². The van der Waals surface area contributed by atoms with Crippen molar-refractivity contribution in [1.29, 1.82) is 0 Å². The molecule has 20 heavy (non-hydrogen) atoms. The minimum absolute atomic E-state index is 0.281. The monoisotopic (exact) mass is 296 g/mol. The highest BCUT2D eigenvalue weighted by Crippen LogP contribution is 2.19. The van der Waals surface area contributed by atoms with Crippen LogP contribution in [0.4, 0.5) is 0 Å². The van der Waals surface area contributed by atoms with E-state index in [0.717, 1.165) is 30.5 Å². The van der Waals surface area contributed by atoms with Gasteiger partial charge in [0.05, 0.1) is 6.04 Å². The molecule has 0 aromatic carbocycles. The van der Waals surface area contributed by atoms with Gasteiger partial charge in [-0.3, -0.25) is 0 Å². The van der Waals surface area contributed by atoms with Crippen LogP contribution in [0.25, 0.3) is 0 Å². The Morgan fingerprint density at radius 1 is 1.15 bits per heavy atom. The lowest BCUT2D eigenvalue weighted by Crippen LogP contribution is -2.33. The van der Waals surface area contributed by atoms with Crippen LogP contribution in [0.5, 0.6) is 0 Å². The molecule has 1 aromatic heterocycles. The lowest BCUT2D eigenvalue weighted by atomic mass is 10.1. The number of fused-ring (bicyclic) bond motifs is 1. The van der Waals surface area contributed by atoms with Crippen molar-refractivity contribution in [1.82, 2.24) is 20.1 Å². The number of nitrogens with zero attached hydrogens (tertiary/aromatic N) is 3. The summed E-state index contributed by atoms with van der Waals surface area (Å²) < 4.78 is 2.31. The first-order valence-electron chi connectivity index (χ1n) is 7.83. The van der Waals surface area contributed by atoms with Gasteiger partial charge in [-0.2, -0.15) is 11.8 Å². The van der Waals surface area contributed by atoms with E-state index in [1.54, 1.807) is 0 Å². The van der Waals surface area contributed by atoms with Gasteiger partial charge >= 0.3 is 0 Å². The fraction of sp³-hybridized carbons (Fsp3) is 0.867. The van der Waals surface area contributed by atoms with Gasteiger partial charge in [-0.05, 0) is 38.4 Å². The van der Waals surface area contributed by atoms with Gasteiger partial charge in [-0.15, -0.1) is 10.2 Å². The van der Waals surface area contributed by atoms with Crippen molar-refractivity contribution in [2.45, 2.75) is 65.6 Å². The molecule has 5 heteroatoms. The fourth-order valence-electron chi connectivity index (χ4n) is 2.68. The summed E-state index contributed by atoms with van der Waals surface area (Å²) in [6.45, 7) is 10.1. The molecule has 1 aliphatic rings. The van der Waals surface area contributed by atoms with Crippen molar-refractivity contribution in [3.8, 4) is 0 Å². The number of aromatic nitrogens is 3. The largest absolute Gasteiger partial charge is 0.314 e. The van der Waals surface area contributed by atoms with Gasteiger partial charge in [-0.1, -0.05) is 13.8 Å². The summed E-state index contributed by atoms with van der Waals surface area (Å²) in [6.07, 6.45) is 3.59. The first kappa shape index (κ1) is 15.8. The molecule has 114 valence electrons. The van der Waals surface area contributed by atoms with Gasteiger partial charge in [0.25, 0.3) is 0 Å². The predicted molar refractivity (Wildman–Crippen MR) is 86.1 cm³/mol. The first-order valence-corrected chi connectivity index (χ1v) is 8.99. The summed E-state index contributed by atoms with van der Waals surface area (Å²) in [5.74, 6) is 5.44. The van der Waals surface area contributed by atoms with E-state index in [-0.39, 0.29) is 6.04 Å². The standard InChI is InChI=1S/C15H28N4S/c1-11(2)9-20-10-12(3)16-13(4)15-18-17-14-7-5-6-8-19(14)15/h11-13,16H,5-10H2,1-4H3/t12-,13+/m1/s1. The summed E-state index contributed by atoms with van der Waals surface area (Å²) in [4.78, 5) is 0. The van der Waals surface area contributed by atoms with Gasteiger partial charge in [0.1, 0.15) is 11.6 Å². The van der Waals surface area contributed by atoms with E-state index in [1.165, 1.54) is 24.4 Å². The Hall–Kier alpha value is -0.550. The van der Waals surface area contributed by atoms with Crippen LogP contribution >= 0.6 is 11.8 Å². The Labute approximate surface area is 127 Å². The third-order valence-electron chi connectivity index (χ3n) is 3.63. The van der Waals surface area contributed by atoms with E-state index in [0.29, 0.717) is 6.04 Å². The minimum atomic E-state index is 0.281. The Morgan fingerprint density at radius 3 is 2.70 bits per heavy atom. The number of aryl methyl sites for hydroxylation is 1. The predicted octanol–water partition coefficient (Wildman–Crippen LogP) is 3.04. The molecule has 4 nitrogen and oxygen atoms in total. The van der Waals surface area contributed by atoms with Gasteiger partial charge in [0, 0.05) is 24.8 Å². The van der Waals surface area contributed by atoms with Crippen LogP contribution in [0.15, 0.2) is 0 Å². The maximum Gasteiger partial charge on any atom is 0.149 e. The highest BCUT2D eigenvalue weighted by Gasteiger charge is 2.20. The summed E-state index contributed by atoms with van der Waals surface area (Å²) in [5.41, 5.74) is 0. The van der Waals surface area contributed by atoms with Crippen LogP contribution in [0, 0.1) is 5.92 Å². The van der Waals surface area contributed by atoms with Gasteiger partial charge in [-0.25, -0.2) is 0 Å². The molecule has 2 rings (SSSR count). The molecule has 0 unspecified atom stereocenters. The van der Waals surface area contributed by atoms with E-state index >= 15 is 0 Å². The topological polar surface area (TPSA) is 42.7 Å². The summed E-state index contributed by atoms with van der Waals surface area (Å²) in [7, 11) is 0. The molecular weight excluding hydrogens is 268 g/mol. The van der Waals surface area contributed by atoms with Gasteiger partial charge in [0.15, 0.2) is 0 Å². The number of nitrogens with one attached hydrogen (secondary N) is 1. The SMILES string of the molecule is CC(C)CSC[C@@H](C)N[C@@H](C)c1nnc2n1CCCC2. The molecule has 0 aliphatic carbocycles. The summed E-state index contributed by atoms with van der Waals surface area (Å²) >= 11 is 2.03. The second-order valence-electron chi connectivity index (χ2n) is 6.30. The lowest BCUT2D eigenvalue weighted by Gasteiger charge is -2.22. The molecular formula is C15H28N4S. The first-order chi connectivity index (χ1) is 9.58. The Kier molecular flexibility index (Phi) is 5.90. The third-order valence-corrected chi connectivity index (χ3v) is 5.27. The Bertz CT molecular complexity index is 416. The molecule has 0 spiro atoms. The molecule has 1 N–H and O–H groups in total. The van der Waals surface area contributed by atoms with Crippen molar-refractivity contribution in [3.05, 3.63) is 11.6 Å². The normalized spacial score (nSPS) is 18.1. The van der Waals surface area contributed by atoms with Crippen LogP contribution in [-0.4, -0.2) is 32.3 Å². The maximum atomic E-state index is 4.40. The molecule has 0 bridgehead atoms. The molecule has 2 atom stereocenters. The Balaban J connectivity index is 1.85. The van der Waals surface area contributed by atoms with Crippen molar-refractivity contribution in [2.24, 2.45) is 5.92 Å². The maximum absolute atomic E-state index is 4.40. The second-order valence-corrected chi connectivity index (χ2v) is 7.38.